The van der Waals surface area contributed by atoms with Gasteiger partial charge in [-0.2, -0.15) is 5.48 Å². The molecule has 2 aromatic rings. The van der Waals surface area contributed by atoms with Gasteiger partial charge in [0.25, 0.3) is 0 Å². The number of aliphatic imine (C=N–C) groups is 1. The van der Waals surface area contributed by atoms with Crippen LogP contribution in [-0.4, -0.2) is 67.2 Å². The third kappa shape index (κ3) is 6.34. The first-order chi connectivity index (χ1) is 17.1. The van der Waals surface area contributed by atoms with Crippen LogP contribution >= 0.6 is 0 Å². The zero-order valence-electron chi connectivity index (χ0n) is 19.9. The number of nitrogens with one attached hydrogen (secondary N) is 2. The molecule has 186 valence electrons. The fraction of sp³-hybridized carbons (Fsp3) is 0.481. The second kappa shape index (κ2) is 11.4. The van der Waals surface area contributed by atoms with Crippen LogP contribution in [0.1, 0.15) is 53.7 Å². The van der Waals surface area contributed by atoms with Crippen molar-refractivity contribution in [2.45, 2.75) is 50.1 Å². The Morgan fingerprint density at radius 1 is 1.17 bits per heavy atom. The van der Waals surface area contributed by atoms with Gasteiger partial charge >= 0.3 is 5.97 Å². The lowest BCUT2D eigenvalue weighted by atomic mass is 9.99. The second-order valence-corrected chi connectivity index (χ2v) is 9.60. The van der Waals surface area contributed by atoms with Gasteiger partial charge in [-0.1, -0.05) is 48.5 Å². The maximum absolute atomic E-state index is 10.7. The molecule has 3 N–H and O–H groups in total. The highest BCUT2D eigenvalue weighted by atomic mass is 16.7. The molecular weight excluding hydrogens is 444 g/mol. The zero-order chi connectivity index (χ0) is 24.0. The van der Waals surface area contributed by atoms with Gasteiger partial charge in [0.05, 0.1) is 18.2 Å². The summed E-state index contributed by atoms with van der Waals surface area (Å²) in [6.07, 6.45) is 5.84. The average molecular weight is 479 g/mol. The lowest BCUT2D eigenvalue weighted by molar-refractivity contribution is -0.145. The Bertz CT molecular complexity index is 1020. The third-order valence-electron chi connectivity index (χ3n) is 7.11. The molecule has 5 rings (SSSR count). The summed E-state index contributed by atoms with van der Waals surface area (Å²) in [7, 11) is 0. The molecule has 3 atom stereocenters. The first-order valence-corrected chi connectivity index (χ1v) is 12.6. The maximum Gasteiger partial charge on any atom is 0.329 e. The number of hydrogen-bond donors (Lipinski definition) is 3. The summed E-state index contributed by atoms with van der Waals surface area (Å²) in [5.41, 5.74) is 8.15. The van der Waals surface area contributed by atoms with Crippen LogP contribution in [0.2, 0.25) is 0 Å². The number of hydroxylamine groups is 1. The van der Waals surface area contributed by atoms with E-state index in [9.17, 15) is 4.79 Å². The predicted octanol–water partition coefficient (Wildman–Crippen LogP) is 2.85. The average Bonchev–Trinajstić information content (AvgIpc) is 3.36. The number of carbonyl (C=O) groups is 1. The van der Waals surface area contributed by atoms with E-state index in [0.717, 1.165) is 57.4 Å². The lowest BCUT2D eigenvalue weighted by Gasteiger charge is -2.32. The topological polar surface area (TPSA) is 95.4 Å². The molecule has 2 fully saturated rings. The minimum Gasteiger partial charge on any atom is -0.480 e. The van der Waals surface area contributed by atoms with Crippen molar-refractivity contribution in [3.8, 4) is 0 Å². The molecular formula is C27H34N4O4. The minimum absolute atomic E-state index is 0.0130. The van der Waals surface area contributed by atoms with Crippen molar-refractivity contribution in [1.82, 2.24) is 15.7 Å². The Hall–Kier alpha value is -2.62. The van der Waals surface area contributed by atoms with Crippen molar-refractivity contribution in [1.29, 1.82) is 0 Å². The van der Waals surface area contributed by atoms with E-state index in [1.807, 2.05) is 6.21 Å². The van der Waals surface area contributed by atoms with Gasteiger partial charge < -0.3 is 14.7 Å². The molecule has 0 bridgehead atoms. The van der Waals surface area contributed by atoms with Gasteiger partial charge in [0.1, 0.15) is 12.8 Å². The number of benzene rings is 2. The molecule has 3 heterocycles. The van der Waals surface area contributed by atoms with Crippen LogP contribution in [0.5, 0.6) is 0 Å². The van der Waals surface area contributed by atoms with Crippen molar-refractivity contribution in [2.24, 2.45) is 4.99 Å². The first-order valence-electron chi connectivity index (χ1n) is 12.6. The number of hydrogen-bond acceptors (Lipinski definition) is 7. The number of likely N-dealkylation sites (tertiary alicyclic amines) is 1. The zero-order valence-corrected chi connectivity index (χ0v) is 19.9. The van der Waals surface area contributed by atoms with Crippen molar-refractivity contribution < 1.29 is 19.5 Å². The summed E-state index contributed by atoms with van der Waals surface area (Å²) in [6.45, 7) is 3.42. The van der Waals surface area contributed by atoms with Gasteiger partial charge in [-0.3, -0.25) is 15.1 Å². The SMILES string of the molecule is O=C(O)COC1CCN(CC2CC(c3ccc(C=NC4NCCc5ccccc54)cc3)NO2)CC1. The molecule has 3 unspecified atom stereocenters. The number of rotatable bonds is 8. The molecule has 3 aliphatic heterocycles. The van der Waals surface area contributed by atoms with Gasteiger partial charge in [-0.15, -0.1) is 0 Å². The fourth-order valence-electron chi connectivity index (χ4n) is 5.18. The number of ether oxygens (including phenoxy) is 1. The van der Waals surface area contributed by atoms with E-state index >= 15 is 0 Å². The van der Waals surface area contributed by atoms with Gasteiger partial charge in [-0.25, -0.2) is 4.79 Å². The lowest BCUT2D eigenvalue weighted by Crippen LogP contribution is -2.41. The van der Waals surface area contributed by atoms with Crippen molar-refractivity contribution in [3.63, 3.8) is 0 Å². The number of nitrogens with zero attached hydrogens (tertiary/aromatic N) is 2. The Balaban J connectivity index is 1.09. The molecule has 0 aliphatic carbocycles. The standard InChI is InChI=1S/C27H34N4O4/c32-26(33)18-34-22-10-13-31(14-11-22)17-23-15-25(30-35-23)21-7-5-19(6-8-21)16-29-27-24-4-2-1-3-20(24)9-12-28-27/h1-8,16,22-23,25,27-28,30H,9-15,17-18H2,(H,32,33). The summed E-state index contributed by atoms with van der Waals surface area (Å²) < 4.78 is 5.43. The first kappa shape index (κ1) is 24.1. The Kier molecular flexibility index (Phi) is 7.85. The van der Waals surface area contributed by atoms with Crippen molar-refractivity contribution >= 4 is 12.2 Å². The van der Waals surface area contributed by atoms with E-state index in [4.69, 9.17) is 19.7 Å². The Morgan fingerprint density at radius 2 is 1.97 bits per heavy atom. The van der Waals surface area contributed by atoms with Gasteiger partial charge in [0.2, 0.25) is 0 Å². The highest BCUT2D eigenvalue weighted by Gasteiger charge is 2.30. The van der Waals surface area contributed by atoms with E-state index in [2.05, 4.69) is 64.2 Å². The molecule has 0 aromatic heterocycles. The quantitative estimate of drug-likeness (QED) is 0.502. The van der Waals surface area contributed by atoms with E-state index in [1.165, 1.54) is 16.7 Å². The Morgan fingerprint density at radius 3 is 2.77 bits per heavy atom. The van der Waals surface area contributed by atoms with Crippen LogP contribution in [0.15, 0.2) is 53.5 Å². The van der Waals surface area contributed by atoms with Crippen LogP contribution in [0.3, 0.4) is 0 Å². The fourth-order valence-corrected chi connectivity index (χ4v) is 5.18. The van der Waals surface area contributed by atoms with Gasteiger partial charge in [-0.05, 0) is 47.9 Å². The normalized spacial score (nSPS) is 25.7. The van der Waals surface area contributed by atoms with Crippen LogP contribution < -0.4 is 10.8 Å². The van der Waals surface area contributed by atoms with Crippen LogP contribution in [0.4, 0.5) is 0 Å². The van der Waals surface area contributed by atoms with Crippen LogP contribution in [0.25, 0.3) is 0 Å². The van der Waals surface area contributed by atoms with E-state index in [0.29, 0.717) is 0 Å². The molecule has 0 radical (unpaired) electrons. The van der Waals surface area contributed by atoms with Crippen molar-refractivity contribution in [2.75, 3.05) is 32.8 Å². The monoisotopic (exact) mass is 478 g/mol. The molecule has 3 aliphatic rings. The number of aliphatic carboxylic acids is 1. The summed E-state index contributed by atoms with van der Waals surface area (Å²) >= 11 is 0. The van der Waals surface area contributed by atoms with Gasteiger partial charge in [0.15, 0.2) is 0 Å². The molecule has 8 nitrogen and oxygen atoms in total. The molecule has 8 heteroatoms. The number of piperidine rings is 1. The molecule has 0 saturated carbocycles. The van der Waals surface area contributed by atoms with E-state index < -0.39 is 5.97 Å². The molecule has 35 heavy (non-hydrogen) atoms. The smallest absolute Gasteiger partial charge is 0.329 e. The summed E-state index contributed by atoms with van der Waals surface area (Å²) in [5, 5.41) is 12.3. The predicted molar refractivity (Wildman–Crippen MR) is 133 cm³/mol. The maximum atomic E-state index is 10.7. The highest BCUT2D eigenvalue weighted by molar-refractivity contribution is 5.79. The largest absolute Gasteiger partial charge is 0.480 e. The molecule has 2 aromatic carbocycles. The van der Waals surface area contributed by atoms with E-state index in [1.54, 1.807) is 0 Å². The molecule has 2 saturated heterocycles. The number of carboxylic acid groups (broad SMARTS) is 1. The highest BCUT2D eigenvalue weighted by Crippen LogP contribution is 2.27. The minimum atomic E-state index is -0.906. The second-order valence-electron chi connectivity index (χ2n) is 9.60. The Labute approximate surface area is 206 Å². The van der Waals surface area contributed by atoms with Gasteiger partial charge in [0, 0.05) is 32.4 Å². The third-order valence-corrected chi connectivity index (χ3v) is 7.11. The molecule has 0 spiro atoms. The van der Waals surface area contributed by atoms with Crippen LogP contribution in [-0.2, 0) is 20.8 Å². The van der Waals surface area contributed by atoms with E-state index in [-0.39, 0.29) is 31.0 Å². The number of fused-ring (bicyclic) bond motifs is 1. The number of carboxylic acids is 1. The molecule has 0 amide bonds. The van der Waals surface area contributed by atoms with Crippen LogP contribution in [0, 0.1) is 0 Å². The summed E-state index contributed by atoms with van der Waals surface area (Å²) in [4.78, 5) is 23.7. The summed E-state index contributed by atoms with van der Waals surface area (Å²) in [6, 6.07) is 17.2. The van der Waals surface area contributed by atoms with Crippen molar-refractivity contribution in [3.05, 3.63) is 70.8 Å². The summed E-state index contributed by atoms with van der Waals surface area (Å²) in [5.74, 6) is -0.906.